The zero-order valence-corrected chi connectivity index (χ0v) is 16.9. The first kappa shape index (κ1) is 18.9. The number of para-hydroxylation sites is 2. The van der Waals surface area contributed by atoms with Crippen molar-refractivity contribution in [2.75, 3.05) is 0 Å². The lowest BCUT2D eigenvalue weighted by atomic mass is 10.1. The topological polar surface area (TPSA) is 70.0 Å². The van der Waals surface area contributed by atoms with Gasteiger partial charge in [0.2, 0.25) is 5.62 Å². The molecule has 0 aliphatic heterocycles. The Morgan fingerprint density at radius 2 is 1.69 bits per heavy atom. The summed E-state index contributed by atoms with van der Waals surface area (Å²) in [6.45, 7) is 5.75. The monoisotopic (exact) mass is 388 g/mol. The molecule has 0 saturated heterocycles. The molecule has 29 heavy (non-hydrogen) atoms. The van der Waals surface area contributed by atoms with Gasteiger partial charge in [0.05, 0.1) is 11.0 Å². The number of carbonyl (C=O) groups is 1. The van der Waals surface area contributed by atoms with E-state index in [1.807, 2.05) is 31.3 Å². The maximum atomic E-state index is 12.9. The van der Waals surface area contributed by atoms with Crippen molar-refractivity contribution in [2.45, 2.75) is 33.4 Å². The summed E-state index contributed by atoms with van der Waals surface area (Å²) in [4.78, 5) is 21.7. The molecule has 0 spiro atoms. The molecule has 0 radical (unpaired) electrons. The number of hydrogen-bond donors (Lipinski definition) is 0. The van der Waals surface area contributed by atoms with Crippen LogP contribution in [0.15, 0.2) is 59.9 Å². The lowest BCUT2D eigenvalue weighted by molar-refractivity contribution is 0.0996. The summed E-state index contributed by atoms with van der Waals surface area (Å²) >= 11 is 0. The van der Waals surface area contributed by atoms with Crippen LogP contribution in [0, 0.1) is 0 Å². The normalized spacial score (nSPS) is 12.0. The molecule has 0 unspecified atom stereocenters. The average molecular weight is 388 g/mol. The van der Waals surface area contributed by atoms with Crippen LogP contribution in [0.2, 0.25) is 0 Å². The van der Waals surface area contributed by atoms with Crippen molar-refractivity contribution in [3.05, 3.63) is 66.0 Å². The minimum atomic E-state index is -0.257. The fourth-order valence-electron chi connectivity index (χ4n) is 3.55. The zero-order chi connectivity index (χ0) is 20.4. The summed E-state index contributed by atoms with van der Waals surface area (Å²) in [5, 5.41) is 4.29. The molecule has 4 aromatic rings. The molecule has 7 nitrogen and oxygen atoms in total. The summed E-state index contributed by atoms with van der Waals surface area (Å²) in [5.41, 5.74) is 4.29. The van der Waals surface area contributed by atoms with Gasteiger partial charge in [0, 0.05) is 31.3 Å². The molecule has 1 amide bonds. The number of rotatable bonds is 5. The molecule has 0 saturated carbocycles. The minimum absolute atomic E-state index is 0.257. The van der Waals surface area contributed by atoms with E-state index in [4.69, 9.17) is 0 Å². The van der Waals surface area contributed by atoms with Gasteiger partial charge < -0.3 is 9.13 Å². The molecular weight excluding hydrogens is 364 g/mol. The van der Waals surface area contributed by atoms with Gasteiger partial charge in [-0.1, -0.05) is 31.2 Å². The van der Waals surface area contributed by atoms with E-state index >= 15 is 0 Å². The maximum absolute atomic E-state index is 12.9. The van der Waals surface area contributed by atoms with Gasteiger partial charge in [0.15, 0.2) is 5.82 Å². The van der Waals surface area contributed by atoms with E-state index < -0.39 is 0 Å². The third kappa shape index (κ3) is 3.51. The third-order valence-corrected chi connectivity index (χ3v) is 4.90. The van der Waals surface area contributed by atoms with Crippen LogP contribution in [0.4, 0.5) is 0 Å². The largest absolute Gasteiger partial charge is 0.310 e. The van der Waals surface area contributed by atoms with Gasteiger partial charge in [0.1, 0.15) is 6.33 Å². The van der Waals surface area contributed by atoms with Crippen molar-refractivity contribution in [3.8, 4) is 11.4 Å². The number of aryl methyl sites for hydroxylation is 3. The van der Waals surface area contributed by atoms with Crippen LogP contribution in [0.3, 0.4) is 0 Å². The second-order valence-electron chi connectivity index (χ2n) is 6.92. The number of fused-ring (bicyclic) bond motifs is 1. The van der Waals surface area contributed by atoms with Gasteiger partial charge >= 0.3 is 0 Å². The molecule has 2 heterocycles. The van der Waals surface area contributed by atoms with E-state index in [0.29, 0.717) is 17.0 Å². The molecule has 0 aliphatic carbocycles. The van der Waals surface area contributed by atoms with Crippen LogP contribution in [0.25, 0.3) is 22.4 Å². The first-order valence-electron chi connectivity index (χ1n) is 9.85. The first-order chi connectivity index (χ1) is 14.1. The van der Waals surface area contributed by atoms with E-state index in [1.165, 1.54) is 0 Å². The molecule has 0 aliphatic rings. The van der Waals surface area contributed by atoms with Crippen LogP contribution in [-0.2, 0) is 20.1 Å². The quantitative estimate of drug-likeness (QED) is 0.526. The van der Waals surface area contributed by atoms with Gasteiger partial charge in [-0.25, -0.2) is 4.98 Å². The Hall–Kier alpha value is -3.48. The highest BCUT2D eigenvalue weighted by Crippen LogP contribution is 2.16. The highest BCUT2D eigenvalue weighted by Gasteiger charge is 2.13. The molecule has 4 rings (SSSR count). The third-order valence-electron chi connectivity index (χ3n) is 4.90. The van der Waals surface area contributed by atoms with E-state index in [-0.39, 0.29) is 5.91 Å². The second-order valence-corrected chi connectivity index (χ2v) is 6.92. The van der Waals surface area contributed by atoms with Crippen LogP contribution in [-0.4, -0.2) is 29.8 Å². The van der Waals surface area contributed by atoms with Gasteiger partial charge in [-0.15, -0.1) is 0 Å². The molecule has 0 fully saturated rings. The van der Waals surface area contributed by atoms with Crippen molar-refractivity contribution in [1.82, 2.24) is 23.9 Å². The molecule has 7 heteroatoms. The lowest BCUT2D eigenvalue weighted by Gasteiger charge is -2.03. The van der Waals surface area contributed by atoms with Crippen LogP contribution in [0.1, 0.15) is 30.6 Å². The molecule has 0 bridgehead atoms. The van der Waals surface area contributed by atoms with Crippen molar-refractivity contribution >= 4 is 16.9 Å². The Labute approximate surface area is 169 Å². The Morgan fingerprint density at radius 1 is 1.00 bits per heavy atom. The predicted molar refractivity (Wildman–Crippen MR) is 112 cm³/mol. The number of hydrogen-bond acceptors (Lipinski definition) is 3. The Kier molecular flexibility index (Phi) is 5.12. The lowest BCUT2D eigenvalue weighted by Crippen LogP contribution is -2.27. The highest BCUT2D eigenvalue weighted by molar-refractivity contribution is 5.95. The molecule has 2 aromatic carbocycles. The number of nitrogens with zero attached hydrogens (tertiary/aromatic N) is 6. The zero-order valence-electron chi connectivity index (χ0n) is 16.9. The number of aromatic nitrogens is 5. The Balaban J connectivity index is 1.76. The van der Waals surface area contributed by atoms with E-state index in [0.717, 1.165) is 36.1 Å². The molecular formula is C22H24N6O. The summed E-state index contributed by atoms with van der Waals surface area (Å²) < 4.78 is 5.87. The fraction of sp³-hybridized carbons (Fsp3) is 0.273. The fourth-order valence-corrected chi connectivity index (χ4v) is 3.55. The summed E-state index contributed by atoms with van der Waals surface area (Å²) in [6, 6.07) is 15.5. The van der Waals surface area contributed by atoms with Crippen LogP contribution in [0.5, 0.6) is 0 Å². The van der Waals surface area contributed by atoms with Crippen molar-refractivity contribution < 1.29 is 4.79 Å². The Bertz CT molecular complexity index is 1230. The molecule has 0 atom stereocenters. The number of amides is 1. The van der Waals surface area contributed by atoms with Crippen LogP contribution < -0.4 is 5.62 Å². The number of imidazole rings is 1. The van der Waals surface area contributed by atoms with E-state index in [1.54, 1.807) is 23.1 Å². The van der Waals surface area contributed by atoms with Crippen LogP contribution >= 0.6 is 0 Å². The van der Waals surface area contributed by atoms with E-state index in [2.05, 4.69) is 50.2 Å². The van der Waals surface area contributed by atoms with Gasteiger partial charge in [-0.3, -0.25) is 9.48 Å². The SMILES string of the molecule is CCCn1c(=NC(=O)c2ccc(-c3ncn(C)n3)cc2)n(CC)c2ccccc21. The predicted octanol–water partition coefficient (Wildman–Crippen LogP) is 3.41. The average Bonchev–Trinajstić information content (AvgIpc) is 3.30. The van der Waals surface area contributed by atoms with Gasteiger partial charge in [0.25, 0.3) is 5.91 Å². The van der Waals surface area contributed by atoms with Gasteiger partial charge in [-0.2, -0.15) is 10.1 Å². The summed E-state index contributed by atoms with van der Waals surface area (Å²) in [5.74, 6) is 0.378. The van der Waals surface area contributed by atoms with Crippen molar-refractivity contribution in [2.24, 2.45) is 12.0 Å². The summed E-state index contributed by atoms with van der Waals surface area (Å²) in [6.07, 6.45) is 2.62. The Morgan fingerprint density at radius 3 is 2.28 bits per heavy atom. The molecule has 2 aromatic heterocycles. The van der Waals surface area contributed by atoms with Gasteiger partial charge in [-0.05, 0) is 37.6 Å². The number of carbonyl (C=O) groups excluding carboxylic acids is 1. The van der Waals surface area contributed by atoms with Crippen molar-refractivity contribution in [1.29, 1.82) is 0 Å². The number of benzene rings is 2. The molecule has 0 N–H and O–H groups in total. The maximum Gasteiger partial charge on any atom is 0.280 e. The standard InChI is InChI=1S/C22H24N6O/c1-4-14-28-19-9-7-6-8-18(19)27(5-2)22(28)24-21(29)17-12-10-16(11-13-17)20-23-15-26(3)25-20/h6-13,15H,4-5,14H2,1-3H3. The summed E-state index contributed by atoms with van der Waals surface area (Å²) in [7, 11) is 1.83. The van der Waals surface area contributed by atoms with Crippen molar-refractivity contribution in [3.63, 3.8) is 0 Å². The smallest absolute Gasteiger partial charge is 0.280 e. The molecule has 148 valence electrons. The minimum Gasteiger partial charge on any atom is -0.310 e. The van der Waals surface area contributed by atoms with E-state index in [9.17, 15) is 4.79 Å². The first-order valence-corrected chi connectivity index (χ1v) is 9.85. The second kappa shape index (κ2) is 7.87. The highest BCUT2D eigenvalue weighted by atomic mass is 16.1.